The lowest BCUT2D eigenvalue weighted by molar-refractivity contribution is 0.949. The molecule has 1 aromatic carbocycles. The highest BCUT2D eigenvalue weighted by Crippen LogP contribution is 2.17. The Hall–Kier alpha value is -2.75. The van der Waals surface area contributed by atoms with Gasteiger partial charge in [-0.05, 0) is 19.1 Å². The topological polar surface area (TPSA) is 50.7 Å². The van der Waals surface area contributed by atoms with Crippen molar-refractivity contribution in [1.82, 2.24) is 15.0 Å². The molecule has 3 aromatic rings. The molecule has 2 aromatic heterocycles. The Kier molecular flexibility index (Phi) is 4.39. The van der Waals surface area contributed by atoms with Crippen LogP contribution in [-0.4, -0.2) is 21.5 Å². The lowest BCUT2D eigenvalue weighted by atomic mass is 10.2. The van der Waals surface area contributed by atoms with Crippen LogP contribution in [0.3, 0.4) is 0 Å². The second-order valence-electron chi connectivity index (χ2n) is 5.08. The van der Waals surface area contributed by atoms with Crippen LogP contribution in [0.15, 0.2) is 60.8 Å². The van der Waals surface area contributed by atoms with Gasteiger partial charge in [0.1, 0.15) is 5.82 Å². The van der Waals surface area contributed by atoms with Gasteiger partial charge in [-0.1, -0.05) is 36.4 Å². The highest BCUT2D eigenvalue weighted by Gasteiger charge is 2.04. The van der Waals surface area contributed by atoms with E-state index in [1.54, 1.807) is 0 Å². The molecule has 0 amide bonds. The van der Waals surface area contributed by atoms with E-state index in [0.29, 0.717) is 0 Å². The van der Waals surface area contributed by atoms with Gasteiger partial charge in [-0.2, -0.15) is 0 Å². The van der Waals surface area contributed by atoms with Crippen molar-refractivity contribution in [2.45, 2.75) is 13.3 Å². The molecule has 4 heteroatoms. The molecular weight excluding hydrogens is 272 g/mol. The molecule has 22 heavy (non-hydrogen) atoms. The van der Waals surface area contributed by atoms with Crippen molar-refractivity contribution in [1.29, 1.82) is 0 Å². The largest absolute Gasteiger partial charge is 0.370 e. The van der Waals surface area contributed by atoms with Crippen molar-refractivity contribution in [2.75, 3.05) is 11.9 Å². The summed E-state index contributed by atoms with van der Waals surface area (Å²) in [6, 6.07) is 17.9. The molecule has 1 N–H and O–H groups in total. The van der Waals surface area contributed by atoms with Gasteiger partial charge in [0, 0.05) is 42.2 Å². The van der Waals surface area contributed by atoms with Crippen molar-refractivity contribution in [3.05, 3.63) is 72.2 Å². The Labute approximate surface area is 130 Å². The molecule has 3 rings (SSSR count). The van der Waals surface area contributed by atoms with Crippen molar-refractivity contribution >= 4 is 5.82 Å². The zero-order chi connectivity index (χ0) is 15.2. The quantitative estimate of drug-likeness (QED) is 0.781. The minimum Gasteiger partial charge on any atom is -0.370 e. The number of aromatic nitrogens is 3. The third-order valence-corrected chi connectivity index (χ3v) is 3.30. The van der Waals surface area contributed by atoms with Crippen LogP contribution in [0.4, 0.5) is 5.82 Å². The van der Waals surface area contributed by atoms with Gasteiger partial charge in [-0.3, -0.25) is 4.98 Å². The number of aryl methyl sites for hydroxylation is 1. The van der Waals surface area contributed by atoms with E-state index in [0.717, 1.165) is 41.6 Å². The minimum atomic E-state index is 0.751. The summed E-state index contributed by atoms with van der Waals surface area (Å²) in [6.07, 6.45) is 2.68. The number of anilines is 1. The SMILES string of the molecule is Cc1cc(NCCc2ccccn2)nc(-c2ccccc2)n1. The van der Waals surface area contributed by atoms with Gasteiger partial charge < -0.3 is 5.32 Å². The Morgan fingerprint density at radius 2 is 1.77 bits per heavy atom. The summed E-state index contributed by atoms with van der Waals surface area (Å²) in [5.41, 5.74) is 3.05. The van der Waals surface area contributed by atoms with E-state index in [9.17, 15) is 0 Å². The van der Waals surface area contributed by atoms with Crippen molar-refractivity contribution in [3.63, 3.8) is 0 Å². The molecular formula is C18H18N4. The number of benzene rings is 1. The van der Waals surface area contributed by atoms with Crippen molar-refractivity contribution in [3.8, 4) is 11.4 Å². The normalized spacial score (nSPS) is 10.4. The fourth-order valence-electron chi connectivity index (χ4n) is 2.24. The van der Waals surface area contributed by atoms with Gasteiger partial charge in [0.05, 0.1) is 0 Å². The second kappa shape index (κ2) is 6.80. The minimum absolute atomic E-state index is 0.751. The molecule has 0 saturated carbocycles. The predicted molar refractivity (Wildman–Crippen MR) is 88.6 cm³/mol. The third-order valence-electron chi connectivity index (χ3n) is 3.30. The van der Waals surface area contributed by atoms with Crippen LogP contribution in [0.2, 0.25) is 0 Å². The van der Waals surface area contributed by atoms with Gasteiger partial charge in [0.15, 0.2) is 5.82 Å². The first-order chi connectivity index (χ1) is 10.8. The van der Waals surface area contributed by atoms with E-state index < -0.39 is 0 Å². The molecule has 0 spiro atoms. The van der Waals surface area contributed by atoms with Crippen LogP contribution in [0.5, 0.6) is 0 Å². The number of nitrogens with zero attached hydrogens (tertiary/aromatic N) is 3. The van der Waals surface area contributed by atoms with E-state index in [-0.39, 0.29) is 0 Å². The Bertz CT molecular complexity index is 727. The van der Waals surface area contributed by atoms with E-state index in [1.807, 2.05) is 67.7 Å². The Morgan fingerprint density at radius 3 is 2.55 bits per heavy atom. The maximum Gasteiger partial charge on any atom is 0.161 e. The molecule has 4 nitrogen and oxygen atoms in total. The molecule has 0 aliphatic rings. The molecule has 0 atom stereocenters. The molecule has 2 heterocycles. The van der Waals surface area contributed by atoms with Gasteiger partial charge in [-0.15, -0.1) is 0 Å². The summed E-state index contributed by atoms with van der Waals surface area (Å²) in [7, 11) is 0. The summed E-state index contributed by atoms with van der Waals surface area (Å²) in [4.78, 5) is 13.4. The summed E-state index contributed by atoms with van der Waals surface area (Å²) in [6.45, 7) is 2.78. The molecule has 0 aliphatic heterocycles. The first-order valence-corrected chi connectivity index (χ1v) is 7.36. The van der Waals surface area contributed by atoms with Gasteiger partial charge in [-0.25, -0.2) is 9.97 Å². The van der Waals surface area contributed by atoms with Crippen LogP contribution in [-0.2, 0) is 6.42 Å². The number of pyridine rings is 1. The fraction of sp³-hybridized carbons (Fsp3) is 0.167. The average Bonchev–Trinajstić information content (AvgIpc) is 2.56. The molecule has 0 aliphatic carbocycles. The molecule has 110 valence electrons. The van der Waals surface area contributed by atoms with Crippen LogP contribution >= 0.6 is 0 Å². The van der Waals surface area contributed by atoms with Crippen LogP contribution in [0.25, 0.3) is 11.4 Å². The highest BCUT2D eigenvalue weighted by atomic mass is 15.0. The maximum absolute atomic E-state index is 4.59. The van der Waals surface area contributed by atoms with Crippen molar-refractivity contribution in [2.24, 2.45) is 0 Å². The zero-order valence-corrected chi connectivity index (χ0v) is 12.5. The summed E-state index contributed by atoms with van der Waals surface area (Å²) >= 11 is 0. The van der Waals surface area contributed by atoms with E-state index in [4.69, 9.17) is 0 Å². The summed E-state index contributed by atoms with van der Waals surface area (Å²) in [5.74, 6) is 1.60. The first-order valence-electron chi connectivity index (χ1n) is 7.36. The number of hydrogen-bond donors (Lipinski definition) is 1. The van der Waals surface area contributed by atoms with Crippen LogP contribution in [0.1, 0.15) is 11.4 Å². The number of rotatable bonds is 5. The van der Waals surface area contributed by atoms with Gasteiger partial charge in [0.2, 0.25) is 0 Å². The number of hydrogen-bond acceptors (Lipinski definition) is 4. The lowest BCUT2D eigenvalue weighted by Crippen LogP contribution is -2.08. The van der Waals surface area contributed by atoms with E-state index in [1.165, 1.54) is 0 Å². The standard InChI is InChI=1S/C18H18N4/c1-14-13-17(20-12-10-16-9-5-6-11-19-16)22-18(21-14)15-7-3-2-4-8-15/h2-9,11,13H,10,12H2,1H3,(H,20,21,22). The highest BCUT2D eigenvalue weighted by molar-refractivity contribution is 5.57. The fourth-order valence-corrected chi connectivity index (χ4v) is 2.24. The summed E-state index contributed by atoms with van der Waals surface area (Å²) < 4.78 is 0. The second-order valence-corrected chi connectivity index (χ2v) is 5.08. The van der Waals surface area contributed by atoms with E-state index in [2.05, 4.69) is 20.3 Å². The monoisotopic (exact) mass is 290 g/mol. The molecule has 0 radical (unpaired) electrons. The van der Waals surface area contributed by atoms with Gasteiger partial charge >= 0.3 is 0 Å². The van der Waals surface area contributed by atoms with Crippen LogP contribution < -0.4 is 5.32 Å². The van der Waals surface area contributed by atoms with Crippen LogP contribution in [0, 0.1) is 6.92 Å². The third kappa shape index (κ3) is 3.67. The lowest BCUT2D eigenvalue weighted by Gasteiger charge is -2.08. The summed E-state index contributed by atoms with van der Waals surface area (Å²) in [5, 5.41) is 3.35. The molecule has 0 bridgehead atoms. The molecule has 0 fully saturated rings. The zero-order valence-electron chi connectivity index (χ0n) is 12.5. The van der Waals surface area contributed by atoms with Gasteiger partial charge in [0.25, 0.3) is 0 Å². The number of nitrogens with one attached hydrogen (secondary N) is 1. The smallest absolute Gasteiger partial charge is 0.161 e. The molecule has 0 unspecified atom stereocenters. The maximum atomic E-state index is 4.59. The Balaban J connectivity index is 1.70. The van der Waals surface area contributed by atoms with Crippen molar-refractivity contribution < 1.29 is 0 Å². The average molecular weight is 290 g/mol. The Morgan fingerprint density at radius 1 is 0.955 bits per heavy atom. The molecule has 0 saturated heterocycles. The van der Waals surface area contributed by atoms with E-state index >= 15 is 0 Å². The first kappa shape index (κ1) is 14.2. The predicted octanol–water partition coefficient (Wildman–Crippen LogP) is 3.50.